The Morgan fingerprint density at radius 3 is 2.62 bits per heavy atom. The quantitative estimate of drug-likeness (QED) is 0.720. The van der Waals surface area contributed by atoms with Crippen LogP contribution in [0.5, 0.6) is 0 Å². The zero-order valence-electron chi connectivity index (χ0n) is 9.39. The van der Waals surface area contributed by atoms with Crippen LogP contribution < -0.4 is 5.32 Å². The van der Waals surface area contributed by atoms with Crippen LogP contribution in [-0.2, 0) is 11.3 Å². The molecule has 1 rings (SSSR count). The summed E-state index contributed by atoms with van der Waals surface area (Å²) in [5.41, 5.74) is 1.07. The van der Waals surface area contributed by atoms with Crippen LogP contribution in [0.15, 0.2) is 43.0 Å². The second-order valence-electron chi connectivity index (χ2n) is 3.78. The van der Waals surface area contributed by atoms with Crippen molar-refractivity contribution in [3.8, 4) is 0 Å². The number of benzene rings is 1. The lowest BCUT2D eigenvalue weighted by molar-refractivity contribution is -0.140. The van der Waals surface area contributed by atoms with Crippen LogP contribution in [-0.4, -0.2) is 17.1 Å². The van der Waals surface area contributed by atoms with E-state index in [-0.39, 0.29) is 5.92 Å². The lowest BCUT2D eigenvalue weighted by Gasteiger charge is -2.18. The number of aliphatic carboxylic acids is 1. The van der Waals surface area contributed by atoms with E-state index in [1.807, 2.05) is 37.3 Å². The van der Waals surface area contributed by atoms with E-state index in [4.69, 9.17) is 5.11 Å². The first-order valence-corrected chi connectivity index (χ1v) is 5.28. The van der Waals surface area contributed by atoms with E-state index in [1.165, 1.54) is 0 Å². The standard InChI is InChI=1S/C13H17NO2/c1-3-10(2)12(13(15)16)14-9-11-7-5-4-6-8-11/h3-8,10,12,14H,1,9H2,2H3,(H,15,16)/t10-,12-/m1/s1. The molecule has 0 heterocycles. The maximum Gasteiger partial charge on any atom is 0.321 e. The van der Waals surface area contributed by atoms with E-state index in [9.17, 15) is 4.79 Å². The summed E-state index contributed by atoms with van der Waals surface area (Å²) in [6, 6.07) is 9.14. The van der Waals surface area contributed by atoms with Crippen molar-refractivity contribution in [3.63, 3.8) is 0 Å². The van der Waals surface area contributed by atoms with Gasteiger partial charge in [-0.15, -0.1) is 6.58 Å². The SMILES string of the molecule is C=C[C@@H](C)[C@@H](NCc1ccccc1)C(=O)O. The van der Waals surface area contributed by atoms with Gasteiger partial charge in [-0.2, -0.15) is 0 Å². The number of carbonyl (C=O) groups is 1. The summed E-state index contributed by atoms with van der Waals surface area (Å²) >= 11 is 0. The van der Waals surface area contributed by atoms with E-state index in [0.717, 1.165) is 5.56 Å². The molecule has 0 fully saturated rings. The normalized spacial score (nSPS) is 14.1. The minimum atomic E-state index is -0.844. The Kier molecular flexibility index (Phi) is 4.73. The van der Waals surface area contributed by atoms with Crippen LogP contribution in [0.3, 0.4) is 0 Å². The molecule has 0 aliphatic rings. The Hall–Kier alpha value is -1.61. The monoisotopic (exact) mass is 219 g/mol. The third kappa shape index (κ3) is 3.51. The second-order valence-corrected chi connectivity index (χ2v) is 3.78. The second kappa shape index (κ2) is 6.08. The minimum Gasteiger partial charge on any atom is -0.480 e. The molecule has 3 heteroatoms. The molecule has 0 aromatic heterocycles. The maximum absolute atomic E-state index is 11.0. The summed E-state index contributed by atoms with van der Waals surface area (Å²) in [5.74, 6) is -0.940. The predicted molar refractivity (Wildman–Crippen MR) is 64.1 cm³/mol. The highest BCUT2D eigenvalue weighted by Gasteiger charge is 2.21. The third-order valence-corrected chi connectivity index (χ3v) is 2.53. The Bertz CT molecular complexity index is 348. The fourth-order valence-electron chi connectivity index (χ4n) is 1.46. The molecule has 1 aromatic carbocycles. The molecule has 0 saturated carbocycles. The van der Waals surface area contributed by atoms with Crippen molar-refractivity contribution in [3.05, 3.63) is 48.6 Å². The summed E-state index contributed by atoms with van der Waals surface area (Å²) < 4.78 is 0. The van der Waals surface area contributed by atoms with E-state index in [0.29, 0.717) is 6.54 Å². The molecule has 0 amide bonds. The summed E-state index contributed by atoms with van der Waals surface area (Å²) in [6.45, 7) is 6.00. The van der Waals surface area contributed by atoms with Crippen molar-refractivity contribution in [1.29, 1.82) is 0 Å². The highest BCUT2D eigenvalue weighted by atomic mass is 16.4. The molecular formula is C13H17NO2. The Labute approximate surface area is 95.8 Å². The molecule has 16 heavy (non-hydrogen) atoms. The Balaban J connectivity index is 2.57. The van der Waals surface area contributed by atoms with Crippen molar-refractivity contribution >= 4 is 5.97 Å². The minimum absolute atomic E-state index is 0.0961. The molecule has 1 aromatic rings. The van der Waals surface area contributed by atoms with Gasteiger partial charge in [-0.3, -0.25) is 10.1 Å². The third-order valence-electron chi connectivity index (χ3n) is 2.53. The zero-order chi connectivity index (χ0) is 12.0. The van der Waals surface area contributed by atoms with Crippen LogP contribution in [0.25, 0.3) is 0 Å². The number of rotatable bonds is 6. The highest BCUT2D eigenvalue weighted by molar-refractivity contribution is 5.74. The fourth-order valence-corrected chi connectivity index (χ4v) is 1.46. The molecule has 0 saturated heterocycles. The first-order valence-electron chi connectivity index (χ1n) is 5.28. The predicted octanol–water partition coefficient (Wildman–Crippen LogP) is 2.05. The Morgan fingerprint density at radius 2 is 2.12 bits per heavy atom. The van der Waals surface area contributed by atoms with Gasteiger partial charge in [0.25, 0.3) is 0 Å². The average molecular weight is 219 g/mol. The fraction of sp³-hybridized carbons (Fsp3) is 0.308. The first-order chi connectivity index (χ1) is 7.65. The van der Waals surface area contributed by atoms with E-state index >= 15 is 0 Å². The zero-order valence-corrected chi connectivity index (χ0v) is 9.39. The van der Waals surface area contributed by atoms with Crippen molar-refractivity contribution in [2.45, 2.75) is 19.5 Å². The molecule has 3 nitrogen and oxygen atoms in total. The van der Waals surface area contributed by atoms with Gasteiger partial charge >= 0.3 is 5.97 Å². The molecule has 0 bridgehead atoms. The molecule has 86 valence electrons. The van der Waals surface area contributed by atoms with E-state index < -0.39 is 12.0 Å². The van der Waals surface area contributed by atoms with Crippen molar-refractivity contribution in [1.82, 2.24) is 5.32 Å². The van der Waals surface area contributed by atoms with Crippen LogP contribution in [0.1, 0.15) is 12.5 Å². The number of hydrogen-bond acceptors (Lipinski definition) is 2. The number of nitrogens with one attached hydrogen (secondary N) is 1. The van der Waals surface area contributed by atoms with Gasteiger partial charge in [-0.1, -0.05) is 43.3 Å². The molecule has 2 atom stereocenters. The van der Waals surface area contributed by atoms with Crippen molar-refractivity contribution in [2.24, 2.45) is 5.92 Å². The first kappa shape index (κ1) is 12.5. The summed E-state index contributed by atoms with van der Waals surface area (Å²) in [7, 11) is 0. The van der Waals surface area contributed by atoms with E-state index in [1.54, 1.807) is 6.08 Å². The van der Waals surface area contributed by atoms with Crippen molar-refractivity contribution in [2.75, 3.05) is 0 Å². The van der Waals surface area contributed by atoms with Gasteiger partial charge in [-0.25, -0.2) is 0 Å². The number of carboxylic acids is 1. The summed E-state index contributed by atoms with van der Waals surface area (Å²) in [5, 5.41) is 12.1. The molecule has 2 N–H and O–H groups in total. The van der Waals surface area contributed by atoms with Crippen LogP contribution >= 0.6 is 0 Å². The molecular weight excluding hydrogens is 202 g/mol. The van der Waals surface area contributed by atoms with Gasteiger partial charge in [-0.05, 0) is 11.5 Å². The van der Waals surface area contributed by atoms with Gasteiger partial charge in [0.15, 0.2) is 0 Å². The van der Waals surface area contributed by atoms with E-state index in [2.05, 4.69) is 11.9 Å². The highest BCUT2D eigenvalue weighted by Crippen LogP contribution is 2.06. The molecule has 0 aliphatic heterocycles. The van der Waals surface area contributed by atoms with Gasteiger partial charge in [0.05, 0.1) is 0 Å². The maximum atomic E-state index is 11.0. The van der Waals surface area contributed by atoms with Crippen LogP contribution in [0.4, 0.5) is 0 Å². The molecule has 0 spiro atoms. The molecule has 0 radical (unpaired) electrons. The number of hydrogen-bond donors (Lipinski definition) is 2. The summed E-state index contributed by atoms with van der Waals surface area (Å²) in [4.78, 5) is 11.0. The van der Waals surface area contributed by atoms with Gasteiger partial charge in [0.2, 0.25) is 0 Å². The van der Waals surface area contributed by atoms with Gasteiger partial charge < -0.3 is 5.11 Å². The molecule has 0 aliphatic carbocycles. The van der Waals surface area contributed by atoms with Crippen molar-refractivity contribution < 1.29 is 9.90 Å². The molecule has 0 unspecified atom stereocenters. The van der Waals surface area contributed by atoms with Crippen LogP contribution in [0, 0.1) is 5.92 Å². The lowest BCUT2D eigenvalue weighted by atomic mass is 10.0. The average Bonchev–Trinajstić information content (AvgIpc) is 2.30. The lowest BCUT2D eigenvalue weighted by Crippen LogP contribution is -2.40. The topological polar surface area (TPSA) is 49.3 Å². The van der Waals surface area contributed by atoms with Gasteiger partial charge in [0.1, 0.15) is 6.04 Å². The number of carboxylic acid groups (broad SMARTS) is 1. The van der Waals surface area contributed by atoms with Crippen LogP contribution in [0.2, 0.25) is 0 Å². The summed E-state index contributed by atoms with van der Waals surface area (Å²) in [6.07, 6.45) is 1.65. The van der Waals surface area contributed by atoms with Gasteiger partial charge in [0, 0.05) is 6.54 Å². The smallest absolute Gasteiger partial charge is 0.321 e. The largest absolute Gasteiger partial charge is 0.480 e. The Morgan fingerprint density at radius 1 is 1.50 bits per heavy atom.